The number of primary amides is 1. The molecule has 0 atom stereocenters. The number of ether oxygens (including phenoxy) is 2. The molecule has 3 N–H and O–H groups in total. The summed E-state index contributed by atoms with van der Waals surface area (Å²) in [5.74, 6) is 1.05. The van der Waals surface area contributed by atoms with E-state index in [0.717, 1.165) is 18.7 Å². The molecule has 0 bridgehead atoms. The quantitative estimate of drug-likeness (QED) is 0.600. The number of pyridine rings is 1. The van der Waals surface area contributed by atoms with Gasteiger partial charge >= 0.3 is 0 Å². The van der Waals surface area contributed by atoms with Crippen molar-refractivity contribution in [2.24, 2.45) is 5.73 Å². The van der Waals surface area contributed by atoms with Crippen molar-refractivity contribution in [1.82, 2.24) is 10.3 Å². The molecule has 0 spiro atoms. The summed E-state index contributed by atoms with van der Waals surface area (Å²) in [6, 6.07) is 8.98. The van der Waals surface area contributed by atoms with Gasteiger partial charge in [0.15, 0.2) is 11.5 Å². The Hall–Kier alpha value is -2.60. The SMILES string of the molecule is CCCCCCNCc1ccc(Oc2ccc(C(N)=O)cn2)c(OC)c1. The summed E-state index contributed by atoms with van der Waals surface area (Å²) in [4.78, 5) is 15.2. The first-order valence-electron chi connectivity index (χ1n) is 8.95. The molecule has 1 aromatic carbocycles. The molecule has 0 aliphatic heterocycles. The summed E-state index contributed by atoms with van der Waals surface area (Å²) in [5.41, 5.74) is 6.67. The number of methoxy groups -OCH3 is 1. The highest BCUT2D eigenvalue weighted by Gasteiger charge is 2.09. The Bertz CT molecular complexity index is 702. The van der Waals surface area contributed by atoms with Crippen molar-refractivity contribution < 1.29 is 14.3 Å². The summed E-state index contributed by atoms with van der Waals surface area (Å²) in [5, 5.41) is 3.45. The summed E-state index contributed by atoms with van der Waals surface area (Å²) in [7, 11) is 1.60. The van der Waals surface area contributed by atoms with Crippen LogP contribution in [0.5, 0.6) is 17.4 Å². The zero-order valence-corrected chi connectivity index (χ0v) is 15.5. The lowest BCUT2D eigenvalue weighted by atomic mass is 10.2. The fourth-order valence-corrected chi connectivity index (χ4v) is 2.51. The lowest BCUT2D eigenvalue weighted by molar-refractivity contribution is 0.1000. The first-order valence-corrected chi connectivity index (χ1v) is 8.95. The number of amides is 1. The van der Waals surface area contributed by atoms with Crippen LogP contribution in [0.2, 0.25) is 0 Å². The number of carbonyl (C=O) groups is 1. The van der Waals surface area contributed by atoms with Crippen LogP contribution >= 0.6 is 0 Å². The largest absolute Gasteiger partial charge is 0.493 e. The standard InChI is InChI=1S/C20H27N3O3/c1-3-4-5-6-11-22-13-15-7-9-17(18(12-15)25-2)26-19-10-8-16(14-23-19)20(21)24/h7-10,12,14,22H,3-6,11,13H2,1-2H3,(H2,21,24). The normalized spacial score (nSPS) is 10.5. The first kappa shape index (κ1) is 19.7. The van der Waals surface area contributed by atoms with Gasteiger partial charge in [-0.05, 0) is 36.7 Å². The third kappa shape index (κ3) is 6.04. The van der Waals surface area contributed by atoms with Crippen LogP contribution in [0, 0.1) is 0 Å². The molecule has 0 saturated carbocycles. The minimum atomic E-state index is -0.520. The average Bonchev–Trinajstić information content (AvgIpc) is 2.66. The average molecular weight is 357 g/mol. The van der Waals surface area contributed by atoms with Crippen LogP contribution in [-0.4, -0.2) is 24.5 Å². The van der Waals surface area contributed by atoms with Crippen molar-refractivity contribution in [1.29, 1.82) is 0 Å². The Morgan fingerprint density at radius 2 is 2.00 bits per heavy atom. The fourth-order valence-electron chi connectivity index (χ4n) is 2.51. The highest BCUT2D eigenvalue weighted by molar-refractivity contribution is 5.92. The van der Waals surface area contributed by atoms with Crippen LogP contribution in [0.1, 0.15) is 48.5 Å². The molecule has 2 aromatic rings. The summed E-state index contributed by atoms with van der Waals surface area (Å²) in [6.45, 7) is 4.01. The fraction of sp³-hybridized carbons (Fsp3) is 0.400. The van der Waals surface area contributed by atoms with E-state index in [1.807, 2.05) is 18.2 Å². The molecule has 0 fully saturated rings. The molecule has 6 nitrogen and oxygen atoms in total. The van der Waals surface area contributed by atoms with Crippen LogP contribution < -0.4 is 20.5 Å². The lowest BCUT2D eigenvalue weighted by Gasteiger charge is -2.12. The van der Waals surface area contributed by atoms with Gasteiger partial charge in [-0.25, -0.2) is 4.98 Å². The van der Waals surface area contributed by atoms with E-state index in [-0.39, 0.29) is 0 Å². The zero-order valence-electron chi connectivity index (χ0n) is 15.5. The number of carbonyl (C=O) groups excluding carboxylic acids is 1. The maximum atomic E-state index is 11.1. The lowest BCUT2D eigenvalue weighted by Crippen LogP contribution is -2.14. The molecule has 140 valence electrons. The molecule has 0 radical (unpaired) electrons. The van der Waals surface area contributed by atoms with E-state index in [9.17, 15) is 4.79 Å². The van der Waals surface area contributed by atoms with E-state index in [2.05, 4.69) is 17.2 Å². The maximum absolute atomic E-state index is 11.1. The number of nitrogens with two attached hydrogens (primary N) is 1. The summed E-state index contributed by atoms with van der Waals surface area (Å²) < 4.78 is 11.2. The van der Waals surface area contributed by atoms with Crippen LogP contribution in [0.4, 0.5) is 0 Å². The predicted octanol–water partition coefficient (Wildman–Crippen LogP) is 3.65. The second-order valence-electron chi connectivity index (χ2n) is 6.07. The highest BCUT2D eigenvalue weighted by atomic mass is 16.5. The van der Waals surface area contributed by atoms with Gasteiger partial charge in [0.05, 0.1) is 12.7 Å². The van der Waals surface area contributed by atoms with Gasteiger partial charge in [0.2, 0.25) is 11.8 Å². The number of nitrogens with zero attached hydrogens (tertiary/aromatic N) is 1. The molecule has 0 saturated heterocycles. The second kappa shape index (κ2) is 10.4. The van der Waals surface area contributed by atoms with E-state index in [1.54, 1.807) is 19.2 Å². The van der Waals surface area contributed by atoms with Crippen molar-refractivity contribution in [2.45, 2.75) is 39.2 Å². The molecular formula is C20H27N3O3. The Labute approximate surface area is 154 Å². The van der Waals surface area contributed by atoms with Crippen LogP contribution in [0.25, 0.3) is 0 Å². The molecule has 1 aromatic heterocycles. The third-order valence-electron chi connectivity index (χ3n) is 4.00. The van der Waals surface area contributed by atoms with Gasteiger partial charge in [0.1, 0.15) is 0 Å². The molecule has 0 aliphatic rings. The Kier molecular flexibility index (Phi) is 7.89. The number of benzene rings is 1. The first-order chi connectivity index (χ1) is 12.6. The van der Waals surface area contributed by atoms with Gasteiger partial charge in [0.25, 0.3) is 0 Å². The van der Waals surface area contributed by atoms with Gasteiger partial charge in [-0.15, -0.1) is 0 Å². The minimum absolute atomic E-state index is 0.338. The Morgan fingerprint density at radius 3 is 2.65 bits per heavy atom. The van der Waals surface area contributed by atoms with Crippen molar-refractivity contribution in [2.75, 3.05) is 13.7 Å². The van der Waals surface area contributed by atoms with Gasteiger partial charge < -0.3 is 20.5 Å². The molecule has 1 heterocycles. The summed E-state index contributed by atoms with van der Waals surface area (Å²) in [6.07, 6.45) is 6.38. The van der Waals surface area contributed by atoms with E-state index in [4.69, 9.17) is 15.2 Å². The van der Waals surface area contributed by atoms with Crippen molar-refractivity contribution >= 4 is 5.91 Å². The number of rotatable bonds is 11. The van der Waals surface area contributed by atoms with Gasteiger partial charge in [-0.2, -0.15) is 0 Å². The number of hydrogen-bond acceptors (Lipinski definition) is 5. The van der Waals surface area contributed by atoms with Crippen LogP contribution in [-0.2, 0) is 6.54 Å². The molecule has 26 heavy (non-hydrogen) atoms. The molecule has 2 rings (SSSR count). The van der Waals surface area contributed by atoms with Crippen molar-refractivity contribution in [3.8, 4) is 17.4 Å². The smallest absolute Gasteiger partial charge is 0.250 e. The summed E-state index contributed by atoms with van der Waals surface area (Å²) >= 11 is 0. The third-order valence-corrected chi connectivity index (χ3v) is 4.00. The van der Waals surface area contributed by atoms with Crippen LogP contribution in [0.3, 0.4) is 0 Å². The van der Waals surface area contributed by atoms with Gasteiger partial charge in [0, 0.05) is 18.8 Å². The van der Waals surface area contributed by atoms with Crippen molar-refractivity contribution in [3.63, 3.8) is 0 Å². The molecule has 6 heteroatoms. The van der Waals surface area contributed by atoms with Crippen LogP contribution in [0.15, 0.2) is 36.5 Å². The number of aromatic nitrogens is 1. The Morgan fingerprint density at radius 1 is 1.15 bits per heavy atom. The maximum Gasteiger partial charge on any atom is 0.250 e. The number of nitrogens with one attached hydrogen (secondary N) is 1. The van der Waals surface area contributed by atoms with Crippen molar-refractivity contribution in [3.05, 3.63) is 47.7 Å². The minimum Gasteiger partial charge on any atom is -0.493 e. The highest BCUT2D eigenvalue weighted by Crippen LogP contribution is 2.31. The van der Waals surface area contributed by atoms with Gasteiger partial charge in [-0.1, -0.05) is 32.3 Å². The van der Waals surface area contributed by atoms with E-state index < -0.39 is 5.91 Å². The number of unbranched alkanes of at least 4 members (excludes halogenated alkanes) is 3. The molecule has 1 amide bonds. The number of hydrogen-bond donors (Lipinski definition) is 2. The topological polar surface area (TPSA) is 86.5 Å². The molecule has 0 unspecified atom stereocenters. The van der Waals surface area contributed by atoms with E-state index >= 15 is 0 Å². The second-order valence-corrected chi connectivity index (χ2v) is 6.07. The van der Waals surface area contributed by atoms with E-state index in [1.165, 1.54) is 31.9 Å². The Balaban J connectivity index is 1.94. The zero-order chi connectivity index (χ0) is 18.8. The molecular weight excluding hydrogens is 330 g/mol. The molecule has 0 aliphatic carbocycles. The monoisotopic (exact) mass is 357 g/mol. The van der Waals surface area contributed by atoms with E-state index in [0.29, 0.717) is 22.9 Å². The predicted molar refractivity (Wildman–Crippen MR) is 102 cm³/mol. The van der Waals surface area contributed by atoms with Gasteiger partial charge in [-0.3, -0.25) is 4.79 Å².